The van der Waals surface area contributed by atoms with E-state index in [0.29, 0.717) is 6.54 Å². The lowest BCUT2D eigenvalue weighted by atomic mass is 10.1. The zero-order chi connectivity index (χ0) is 14.8. The van der Waals surface area contributed by atoms with Crippen LogP contribution in [0.3, 0.4) is 0 Å². The van der Waals surface area contributed by atoms with E-state index in [9.17, 15) is 9.59 Å². The lowest BCUT2D eigenvalue weighted by molar-refractivity contribution is -0.126. The second kappa shape index (κ2) is 5.64. The molecule has 1 aliphatic rings. The summed E-state index contributed by atoms with van der Waals surface area (Å²) in [6.45, 7) is 2.45. The van der Waals surface area contributed by atoms with E-state index >= 15 is 0 Å². The van der Waals surface area contributed by atoms with Crippen molar-refractivity contribution in [1.29, 1.82) is 0 Å². The Hall–Kier alpha value is -2.23. The van der Waals surface area contributed by atoms with Crippen molar-refractivity contribution in [3.05, 3.63) is 58.1 Å². The number of carbonyl (C=O) groups excluding carboxylic acids is 2. The molecule has 0 bridgehead atoms. The molecule has 1 aromatic carbocycles. The maximum Gasteiger partial charge on any atom is 0.262 e. The van der Waals surface area contributed by atoms with Crippen LogP contribution in [0.25, 0.3) is 0 Å². The summed E-state index contributed by atoms with van der Waals surface area (Å²) >= 11 is 1.46. The molecule has 0 saturated carbocycles. The Morgan fingerprint density at radius 2 is 2.14 bits per heavy atom. The smallest absolute Gasteiger partial charge is 0.262 e. The molecule has 1 aromatic heterocycles. The Morgan fingerprint density at radius 1 is 1.38 bits per heavy atom. The first kappa shape index (κ1) is 13.7. The summed E-state index contributed by atoms with van der Waals surface area (Å²) in [7, 11) is 0. The summed E-state index contributed by atoms with van der Waals surface area (Å²) in [6.07, 6.45) is 1.69. The SMILES string of the molecule is C[C@H](c1ccccc1)N1CC(c2nccs2)C(=C=O)C1=O. The minimum atomic E-state index is -0.263. The minimum absolute atomic E-state index is 0.0768. The van der Waals surface area contributed by atoms with Gasteiger partial charge in [-0.05, 0) is 12.5 Å². The number of nitrogens with zero attached hydrogens (tertiary/aromatic N) is 2. The van der Waals surface area contributed by atoms with Gasteiger partial charge in [0.25, 0.3) is 5.91 Å². The van der Waals surface area contributed by atoms with Gasteiger partial charge in [0.05, 0.1) is 12.0 Å². The van der Waals surface area contributed by atoms with Crippen LogP contribution in [0.2, 0.25) is 0 Å². The Morgan fingerprint density at radius 3 is 2.76 bits per heavy atom. The maximum atomic E-state index is 12.5. The molecule has 0 spiro atoms. The molecule has 1 aliphatic heterocycles. The van der Waals surface area contributed by atoms with E-state index in [1.54, 1.807) is 11.1 Å². The molecule has 0 radical (unpaired) electrons. The van der Waals surface area contributed by atoms with Crippen molar-refractivity contribution in [1.82, 2.24) is 9.88 Å². The number of likely N-dealkylation sites (tertiary alicyclic amines) is 1. The molecule has 2 atom stereocenters. The summed E-state index contributed by atoms with van der Waals surface area (Å²) < 4.78 is 0. The number of benzene rings is 1. The third kappa shape index (κ3) is 2.42. The highest BCUT2D eigenvalue weighted by molar-refractivity contribution is 7.09. The summed E-state index contributed by atoms with van der Waals surface area (Å²) in [5.41, 5.74) is 1.24. The van der Waals surface area contributed by atoms with Crippen molar-refractivity contribution in [2.75, 3.05) is 6.54 Å². The molecule has 1 fully saturated rings. The highest BCUT2D eigenvalue weighted by atomic mass is 32.1. The van der Waals surface area contributed by atoms with E-state index in [2.05, 4.69) is 4.98 Å². The van der Waals surface area contributed by atoms with Gasteiger partial charge in [0, 0.05) is 18.1 Å². The molecule has 106 valence electrons. The van der Waals surface area contributed by atoms with Crippen LogP contribution in [-0.4, -0.2) is 28.3 Å². The molecule has 0 aliphatic carbocycles. The molecule has 2 aromatic rings. The van der Waals surface area contributed by atoms with Gasteiger partial charge in [0.1, 0.15) is 16.5 Å². The molecule has 1 amide bonds. The van der Waals surface area contributed by atoms with Crippen LogP contribution in [0, 0.1) is 0 Å². The maximum absolute atomic E-state index is 12.5. The standard InChI is InChI=1S/C16H14N2O2S/c1-11(12-5-3-2-4-6-12)18-9-13(14(10-19)16(18)20)15-17-7-8-21-15/h2-8,11,13H,9H2,1H3/t11-,13?/m1/s1. The highest BCUT2D eigenvalue weighted by Gasteiger charge is 2.40. The zero-order valence-electron chi connectivity index (χ0n) is 11.5. The molecule has 1 saturated heterocycles. The van der Waals surface area contributed by atoms with Crippen LogP contribution in [0.5, 0.6) is 0 Å². The average Bonchev–Trinajstić information content (AvgIpc) is 3.15. The number of rotatable bonds is 3. The molecule has 1 unspecified atom stereocenters. The second-order valence-corrected chi connectivity index (χ2v) is 5.91. The second-order valence-electron chi connectivity index (χ2n) is 4.98. The van der Waals surface area contributed by atoms with Gasteiger partial charge in [-0.3, -0.25) is 4.79 Å². The quantitative estimate of drug-likeness (QED) is 0.646. The number of carbonyl (C=O) groups is 1. The van der Waals surface area contributed by atoms with Crippen molar-refractivity contribution in [3.63, 3.8) is 0 Å². The van der Waals surface area contributed by atoms with Gasteiger partial charge in [-0.2, -0.15) is 0 Å². The molecular formula is C16H14N2O2S. The van der Waals surface area contributed by atoms with Crippen molar-refractivity contribution in [3.8, 4) is 0 Å². The predicted octanol–water partition coefficient (Wildman–Crippen LogP) is 2.59. The largest absolute Gasteiger partial charge is 0.330 e. The Kier molecular flexibility index (Phi) is 3.69. The molecule has 4 nitrogen and oxygen atoms in total. The van der Waals surface area contributed by atoms with E-state index in [1.165, 1.54) is 11.3 Å². The molecule has 0 N–H and O–H groups in total. The fourth-order valence-corrected chi connectivity index (χ4v) is 3.38. The van der Waals surface area contributed by atoms with Crippen molar-refractivity contribution in [2.45, 2.75) is 18.9 Å². The van der Waals surface area contributed by atoms with Crippen LogP contribution in [0.4, 0.5) is 0 Å². The lowest BCUT2D eigenvalue weighted by Gasteiger charge is -2.24. The number of hydrogen-bond acceptors (Lipinski definition) is 4. The number of aromatic nitrogens is 1. The van der Waals surface area contributed by atoms with Crippen molar-refractivity contribution < 1.29 is 9.59 Å². The summed E-state index contributed by atoms with van der Waals surface area (Å²) in [6, 6.07) is 9.73. The fraction of sp³-hybridized carbons (Fsp3) is 0.250. The van der Waals surface area contributed by atoms with Gasteiger partial charge in [-0.15, -0.1) is 11.3 Å². The zero-order valence-corrected chi connectivity index (χ0v) is 12.3. The Bertz CT molecular complexity index is 690. The average molecular weight is 298 g/mol. The summed E-state index contributed by atoms with van der Waals surface area (Å²) in [4.78, 5) is 29.6. The minimum Gasteiger partial charge on any atom is -0.330 e. The van der Waals surface area contributed by atoms with Gasteiger partial charge in [-0.25, -0.2) is 9.78 Å². The number of amides is 1. The molecular weight excluding hydrogens is 284 g/mol. The van der Waals surface area contributed by atoms with Gasteiger partial charge < -0.3 is 4.90 Å². The molecule has 2 heterocycles. The summed E-state index contributed by atoms with van der Waals surface area (Å²) in [5, 5.41) is 2.65. The van der Waals surface area contributed by atoms with Crippen LogP contribution in [-0.2, 0) is 9.59 Å². The molecule has 21 heavy (non-hydrogen) atoms. The van der Waals surface area contributed by atoms with E-state index in [4.69, 9.17) is 0 Å². The van der Waals surface area contributed by atoms with Crippen molar-refractivity contribution >= 4 is 23.2 Å². The van der Waals surface area contributed by atoms with Gasteiger partial charge in [0.15, 0.2) is 0 Å². The van der Waals surface area contributed by atoms with Crippen LogP contribution in [0.15, 0.2) is 47.5 Å². The van der Waals surface area contributed by atoms with Gasteiger partial charge in [0.2, 0.25) is 0 Å². The van der Waals surface area contributed by atoms with E-state index in [1.807, 2.05) is 48.6 Å². The first-order valence-electron chi connectivity index (χ1n) is 6.72. The van der Waals surface area contributed by atoms with Crippen LogP contribution >= 0.6 is 11.3 Å². The predicted molar refractivity (Wildman–Crippen MR) is 80.6 cm³/mol. The van der Waals surface area contributed by atoms with Crippen LogP contribution < -0.4 is 0 Å². The van der Waals surface area contributed by atoms with E-state index in [-0.39, 0.29) is 23.4 Å². The number of thiazole rings is 1. The highest BCUT2D eigenvalue weighted by Crippen LogP contribution is 2.37. The summed E-state index contributed by atoms with van der Waals surface area (Å²) in [5.74, 6) is 1.33. The normalized spacial score (nSPS) is 19.7. The monoisotopic (exact) mass is 298 g/mol. The first-order valence-corrected chi connectivity index (χ1v) is 7.60. The van der Waals surface area contributed by atoms with Crippen LogP contribution in [0.1, 0.15) is 29.5 Å². The molecule has 5 heteroatoms. The fourth-order valence-electron chi connectivity index (χ4n) is 2.64. The van der Waals surface area contributed by atoms with E-state index in [0.717, 1.165) is 10.6 Å². The Balaban J connectivity index is 1.92. The lowest BCUT2D eigenvalue weighted by Crippen LogP contribution is -2.28. The Labute approximate surface area is 126 Å². The van der Waals surface area contributed by atoms with Gasteiger partial charge in [-0.1, -0.05) is 30.3 Å². The first-order chi connectivity index (χ1) is 10.2. The molecule has 3 rings (SSSR count). The third-order valence-electron chi connectivity index (χ3n) is 3.83. The van der Waals surface area contributed by atoms with Crippen molar-refractivity contribution in [2.24, 2.45) is 0 Å². The van der Waals surface area contributed by atoms with Gasteiger partial charge >= 0.3 is 0 Å². The number of hydrogen-bond donors (Lipinski definition) is 0. The van der Waals surface area contributed by atoms with E-state index < -0.39 is 0 Å². The third-order valence-corrected chi connectivity index (χ3v) is 4.72. The topological polar surface area (TPSA) is 50.3 Å².